The van der Waals surface area contributed by atoms with Gasteiger partial charge in [0.15, 0.2) is 0 Å². The van der Waals surface area contributed by atoms with Crippen LogP contribution in [-0.2, 0) is 4.74 Å². The molecule has 1 nitrogen and oxygen atoms in total. The molecule has 3 atom stereocenters. The smallest absolute Gasteiger partial charge is 0.128 e. The molecule has 0 spiro atoms. The molecule has 1 aromatic rings. The third-order valence-electron chi connectivity index (χ3n) is 3.07. The van der Waals surface area contributed by atoms with Gasteiger partial charge in [-0.25, -0.2) is 8.78 Å². The van der Waals surface area contributed by atoms with Crippen LogP contribution in [-0.4, -0.2) is 12.7 Å². The number of rotatable bonds is 2. The highest BCUT2D eigenvalue weighted by Gasteiger charge is 2.33. The van der Waals surface area contributed by atoms with Crippen molar-refractivity contribution in [3.8, 4) is 0 Å². The van der Waals surface area contributed by atoms with E-state index in [-0.39, 0.29) is 17.6 Å². The maximum absolute atomic E-state index is 13.5. The summed E-state index contributed by atoms with van der Waals surface area (Å²) < 4.78 is 31.9. The van der Waals surface area contributed by atoms with Crippen molar-refractivity contribution in [2.75, 3.05) is 6.61 Å². The van der Waals surface area contributed by atoms with Crippen LogP contribution in [0.15, 0.2) is 18.2 Å². The number of alkyl halides is 1. The van der Waals surface area contributed by atoms with E-state index in [2.05, 4.69) is 0 Å². The summed E-state index contributed by atoms with van der Waals surface area (Å²) in [5.41, 5.74) is 0.226. The van der Waals surface area contributed by atoms with Gasteiger partial charge in [0.25, 0.3) is 0 Å². The molecule has 0 radical (unpaired) electrons. The van der Waals surface area contributed by atoms with E-state index in [0.29, 0.717) is 6.61 Å². The monoisotopic (exact) mass is 246 g/mol. The van der Waals surface area contributed by atoms with Crippen LogP contribution in [0, 0.1) is 17.6 Å². The minimum absolute atomic E-state index is 0.00910. The Bertz CT molecular complexity index is 383. The first-order valence-electron chi connectivity index (χ1n) is 5.30. The van der Waals surface area contributed by atoms with Crippen LogP contribution in [0.4, 0.5) is 8.78 Å². The lowest BCUT2D eigenvalue weighted by Crippen LogP contribution is -2.17. The Labute approximate surface area is 98.4 Å². The fourth-order valence-corrected chi connectivity index (χ4v) is 2.59. The zero-order chi connectivity index (χ0) is 11.7. The van der Waals surface area contributed by atoms with Crippen LogP contribution in [0.3, 0.4) is 0 Å². The van der Waals surface area contributed by atoms with E-state index in [4.69, 9.17) is 16.3 Å². The minimum atomic E-state index is -0.534. The Morgan fingerprint density at radius 2 is 2.19 bits per heavy atom. The van der Waals surface area contributed by atoms with Gasteiger partial charge in [-0.1, -0.05) is 0 Å². The molecule has 0 aromatic heterocycles. The molecule has 1 aromatic carbocycles. The Hall–Kier alpha value is -0.670. The Balaban J connectivity index is 2.25. The average molecular weight is 247 g/mol. The zero-order valence-electron chi connectivity index (χ0n) is 8.92. The summed E-state index contributed by atoms with van der Waals surface area (Å²) in [6.45, 7) is 2.54. The summed E-state index contributed by atoms with van der Waals surface area (Å²) in [6, 6.07) is 3.37. The summed E-state index contributed by atoms with van der Waals surface area (Å²) in [7, 11) is 0. The Kier molecular flexibility index (Phi) is 3.45. The van der Waals surface area contributed by atoms with Crippen molar-refractivity contribution in [2.45, 2.75) is 24.8 Å². The standard InChI is InChI=1S/C12H13ClF2O/c1-7-9(4-5-16-7)12(13)10-6-8(14)2-3-11(10)15/h2-3,6-7,9,12H,4-5H2,1H3. The molecule has 88 valence electrons. The zero-order valence-corrected chi connectivity index (χ0v) is 9.68. The maximum atomic E-state index is 13.5. The Morgan fingerprint density at radius 3 is 2.81 bits per heavy atom. The lowest BCUT2D eigenvalue weighted by Gasteiger charge is -2.20. The van der Waals surface area contributed by atoms with Crippen LogP contribution < -0.4 is 0 Å². The van der Waals surface area contributed by atoms with Crippen molar-refractivity contribution in [1.82, 2.24) is 0 Å². The summed E-state index contributed by atoms with van der Waals surface area (Å²) in [6.07, 6.45) is 0.774. The number of hydrogen-bond donors (Lipinski definition) is 0. The summed E-state index contributed by atoms with van der Waals surface area (Å²) in [5, 5.41) is -0.534. The van der Waals surface area contributed by atoms with E-state index in [1.165, 1.54) is 0 Å². The summed E-state index contributed by atoms with van der Waals surface area (Å²) in [5.74, 6) is -0.882. The first-order valence-corrected chi connectivity index (χ1v) is 5.74. The molecule has 3 unspecified atom stereocenters. The number of hydrogen-bond acceptors (Lipinski definition) is 1. The molecule has 1 saturated heterocycles. The van der Waals surface area contributed by atoms with Crippen molar-refractivity contribution in [2.24, 2.45) is 5.92 Å². The van der Waals surface area contributed by atoms with E-state index >= 15 is 0 Å². The van der Waals surface area contributed by atoms with Crippen molar-refractivity contribution in [1.29, 1.82) is 0 Å². The average Bonchev–Trinajstić information content (AvgIpc) is 2.67. The van der Waals surface area contributed by atoms with Gasteiger partial charge >= 0.3 is 0 Å². The van der Waals surface area contributed by atoms with Gasteiger partial charge in [0.05, 0.1) is 11.5 Å². The molecule has 1 aliphatic rings. The van der Waals surface area contributed by atoms with Gasteiger partial charge in [-0.2, -0.15) is 0 Å². The Morgan fingerprint density at radius 1 is 1.44 bits per heavy atom. The molecule has 1 fully saturated rings. The van der Waals surface area contributed by atoms with Gasteiger partial charge in [-0.15, -0.1) is 11.6 Å². The molecular weight excluding hydrogens is 234 g/mol. The number of ether oxygens (including phenoxy) is 1. The van der Waals surface area contributed by atoms with Crippen molar-refractivity contribution in [3.63, 3.8) is 0 Å². The molecule has 0 N–H and O–H groups in total. The first-order chi connectivity index (χ1) is 7.59. The highest BCUT2D eigenvalue weighted by molar-refractivity contribution is 6.21. The maximum Gasteiger partial charge on any atom is 0.128 e. The molecule has 0 aliphatic carbocycles. The van der Waals surface area contributed by atoms with Gasteiger partial charge < -0.3 is 4.74 Å². The lowest BCUT2D eigenvalue weighted by molar-refractivity contribution is 0.104. The predicted octanol–water partition coefficient (Wildman–Crippen LogP) is 3.67. The van der Waals surface area contributed by atoms with E-state index in [9.17, 15) is 8.78 Å². The second-order valence-corrected chi connectivity index (χ2v) is 4.57. The van der Waals surface area contributed by atoms with Gasteiger partial charge in [0.1, 0.15) is 11.6 Å². The van der Waals surface area contributed by atoms with Gasteiger partial charge in [-0.05, 0) is 31.5 Å². The largest absolute Gasteiger partial charge is 0.378 e. The van der Waals surface area contributed by atoms with Crippen molar-refractivity contribution in [3.05, 3.63) is 35.4 Å². The van der Waals surface area contributed by atoms with Gasteiger partial charge in [-0.3, -0.25) is 0 Å². The number of halogens is 3. The van der Waals surface area contributed by atoms with Gasteiger partial charge in [0, 0.05) is 18.1 Å². The minimum Gasteiger partial charge on any atom is -0.378 e. The van der Waals surface area contributed by atoms with E-state index in [0.717, 1.165) is 24.6 Å². The molecule has 0 bridgehead atoms. The number of benzene rings is 1. The quantitative estimate of drug-likeness (QED) is 0.724. The molecular formula is C12H13ClF2O. The van der Waals surface area contributed by atoms with Crippen molar-refractivity contribution >= 4 is 11.6 Å². The molecule has 2 rings (SSSR count). The third kappa shape index (κ3) is 2.20. The SMILES string of the molecule is CC1OCCC1C(Cl)c1cc(F)ccc1F. The van der Waals surface area contributed by atoms with E-state index < -0.39 is 17.0 Å². The van der Waals surface area contributed by atoms with Crippen LogP contribution in [0.25, 0.3) is 0 Å². The fraction of sp³-hybridized carbons (Fsp3) is 0.500. The summed E-state index contributed by atoms with van der Waals surface area (Å²) in [4.78, 5) is 0. The molecule has 0 saturated carbocycles. The summed E-state index contributed by atoms with van der Waals surface area (Å²) >= 11 is 6.20. The van der Waals surface area contributed by atoms with Crippen LogP contribution in [0.2, 0.25) is 0 Å². The van der Waals surface area contributed by atoms with Crippen LogP contribution in [0.1, 0.15) is 24.3 Å². The normalized spacial score (nSPS) is 27.0. The molecule has 0 amide bonds. The van der Waals surface area contributed by atoms with E-state index in [1.54, 1.807) is 0 Å². The fourth-order valence-electron chi connectivity index (χ4n) is 2.09. The topological polar surface area (TPSA) is 9.23 Å². The molecule has 1 aliphatic heterocycles. The predicted molar refractivity (Wildman–Crippen MR) is 58.5 cm³/mol. The highest BCUT2D eigenvalue weighted by Crippen LogP contribution is 2.39. The van der Waals surface area contributed by atoms with Crippen molar-refractivity contribution < 1.29 is 13.5 Å². The molecule has 1 heterocycles. The van der Waals surface area contributed by atoms with Crippen LogP contribution in [0.5, 0.6) is 0 Å². The second kappa shape index (κ2) is 4.68. The first kappa shape index (κ1) is 11.8. The highest BCUT2D eigenvalue weighted by atomic mass is 35.5. The van der Waals surface area contributed by atoms with Gasteiger partial charge in [0.2, 0.25) is 0 Å². The van der Waals surface area contributed by atoms with Crippen LogP contribution >= 0.6 is 11.6 Å². The third-order valence-corrected chi connectivity index (χ3v) is 3.62. The lowest BCUT2D eigenvalue weighted by atomic mass is 9.93. The second-order valence-electron chi connectivity index (χ2n) is 4.10. The molecule has 16 heavy (non-hydrogen) atoms. The van der Waals surface area contributed by atoms with E-state index in [1.807, 2.05) is 6.92 Å². The molecule has 4 heteroatoms.